The molecule has 0 rings (SSSR count). The maximum atomic E-state index is 11.1. The van der Waals surface area contributed by atoms with E-state index in [4.69, 9.17) is 5.11 Å². The number of hydrogen-bond donors (Lipinski definition) is 2. The molecule has 0 aromatic rings. The van der Waals surface area contributed by atoms with Crippen molar-refractivity contribution in [2.75, 3.05) is 11.5 Å². The molecule has 6 nitrogen and oxygen atoms in total. The van der Waals surface area contributed by atoms with Gasteiger partial charge in [0.2, 0.25) is 5.91 Å². The summed E-state index contributed by atoms with van der Waals surface area (Å²) in [7, 11) is -3.20. The Kier molecular flexibility index (Phi) is 5.27. The lowest BCUT2D eigenvalue weighted by molar-refractivity contribution is -0.141. The quantitative estimate of drug-likeness (QED) is 0.642. The highest BCUT2D eigenvalue weighted by Crippen LogP contribution is 1.99. The molecule has 0 radical (unpaired) electrons. The summed E-state index contributed by atoms with van der Waals surface area (Å²) in [6.45, 7) is 2.67. The van der Waals surface area contributed by atoms with Crippen molar-refractivity contribution in [1.82, 2.24) is 5.32 Å². The lowest BCUT2D eigenvalue weighted by Crippen LogP contribution is -2.40. The standard InChI is InChI=1S/C8H15NO5S/c1-3-15(13,14)5-4-7(8(11)12)9-6(2)10/h7H,3-5H2,1-2H3,(H,9,10)(H,11,12)/t7-/m0/s1. The first-order valence-corrected chi connectivity index (χ1v) is 6.31. The highest BCUT2D eigenvalue weighted by molar-refractivity contribution is 7.91. The van der Waals surface area contributed by atoms with Gasteiger partial charge in [-0.2, -0.15) is 0 Å². The molecule has 0 spiro atoms. The van der Waals surface area contributed by atoms with Crippen LogP contribution in [0.3, 0.4) is 0 Å². The van der Waals surface area contributed by atoms with Crippen LogP contribution in [0.15, 0.2) is 0 Å². The molecule has 0 aliphatic heterocycles. The Hall–Kier alpha value is -1.11. The Labute approximate surface area is 88.6 Å². The van der Waals surface area contributed by atoms with Crippen LogP contribution in [-0.4, -0.2) is 42.9 Å². The van der Waals surface area contributed by atoms with Gasteiger partial charge in [0, 0.05) is 12.7 Å². The SMILES string of the molecule is CCS(=O)(=O)CC[C@H](NC(C)=O)C(=O)O. The van der Waals surface area contributed by atoms with E-state index >= 15 is 0 Å². The molecule has 0 aromatic heterocycles. The molecule has 2 N–H and O–H groups in total. The van der Waals surface area contributed by atoms with Crippen LogP contribution >= 0.6 is 0 Å². The van der Waals surface area contributed by atoms with Crippen molar-refractivity contribution >= 4 is 21.7 Å². The minimum atomic E-state index is -3.20. The van der Waals surface area contributed by atoms with Crippen LogP contribution in [0.5, 0.6) is 0 Å². The zero-order chi connectivity index (χ0) is 12.1. The summed E-state index contributed by atoms with van der Waals surface area (Å²) in [6.07, 6.45) is -0.106. The predicted molar refractivity (Wildman–Crippen MR) is 54.2 cm³/mol. The zero-order valence-electron chi connectivity index (χ0n) is 8.69. The fourth-order valence-electron chi connectivity index (χ4n) is 0.944. The van der Waals surface area contributed by atoms with Crippen LogP contribution in [0.2, 0.25) is 0 Å². The number of nitrogens with one attached hydrogen (secondary N) is 1. The Morgan fingerprint density at radius 1 is 1.40 bits per heavy atom. The van der Waals surface area contributed by atoms with E-state index in [1.54, 1.807) is 0 Å². The van der Waals surface area contributed by atoms with Gasteiger partial charge < -0.3 is 10.4 Å². The summed E-state index contributed by atoms with van der Waals surface area (Å²) in [5.74, 6) is -1.98. The van der Waals surface area contributed by atoms with Crippen molar-refractivity contribution in [2.24, 2.45) is 0 Å². The molecule has 0 heterocycles. The van der Waals surface area contributed by atoms with E-state index in [-0.39, 0.29) is 17.9 Å². The molecule has 0 saturated heterocycles. The van der Waals surface area contributed by atoms with E-state index in [0.717, 1.165) is 0 Å². The molecule has 0 aromatic carbocycles. The first kappa shape index (κ1) is 13.9. The Balaban J connectivity index is 4.32. The molecule has 1 atom stereocenters. The van der Waals surface area contributed by atoms with Gasteiger partial charge in [-0.25, -0.2) is 13.2 Å². The Morgan fingerprint density at radius 3 is 2.27 bits per heavy atom. The molecule has 0 aliphatic rings. The monoisotopic (exact) mass is 237 g/mol. The van der Waals surface area contributed by atoms with Crippen LogP contribution in [0.1, 0.15) is 20.3 Å². The van der Waals surface area contributed by atoms with Gasteiger partial charge in [0.15, 0.2) is 0 Å². The smallest absolute Gasteiger partial charge is 0.326 e. The Bertz CT molecular complexity index is 335. The number of carbonyl (C=O) groups is 2. The van der Waals surface area contributed by atoms with E-state index in [1.165, 1.54) is 13.8 Å². The average molecular weight is 237 g/mol. The largest absolute Gasteiger partial charge is 0.480 e. The number of hydrogen-bond acceptors (Lipinski definition) is 4. The second kappa shape index (κ2) is 5.69. The summed E-state index contributed by atoms with van der Waals surface area (Å²) in [4.78, 5) is 21.3. The van der Waals surface area contributed by atoms with Gasteiger partial charge in [-0.15, -0.1) is 0 Å². The summed E-state index contributed by atoms with van der Waals surface area (Å²) >= 11 is 0. The average Bonchev–Trinajstić information content (AvgIpc) is 2.11. The van der Waals surface area contributed by atoms with Crippen LogP contribution in [0, 0.1) is 0 Å². The number of amides is 1. The third kappa shape index (κ3) is 6.05. The van der Waals surface area contributed by atoms with Gasteiger partial charge in [-0.1, -0.05) is 6.92 Å². The van der Waals surface area contributed by atoms with Gasteiger partial charge in [-0.05, 0) is 6.42 Å². The third-order valence-electron chi connectivity index (χ3n) is 1.83. The first-order valence-electron chi connectivity index (χ1n) is 4.49. The van der Waals surface area contributed by atoms with Gasteiger partial charge >= 0.3 is 5.97 Å². The molecule has 1 amide bonds. The maximum Gasteiger partial charge on any atom is 0.326 e. The highest BCUT2D eigenvalue weighted by Gasteiger charge is 2.20. The van der Waals surface area contributed by atoms with E-state index in [0.29, 0.717) is 0 Å². The van der Waals surface area contributed by atoms with Crippen molar-refractivity contribution in [3.8, 4) is 0 Å². The topological polar surface area (TPSA) is 101 Å². The Morgan fingerprint density at radius 2 is 1.93 bits per heavy atom. The first-order chi connectivity index (χ1) is 6.78. The van der Waals surface area contributed by atoms with Gasteiger partial charge in [0.05, 0.1) is 5.75 Å². The van der Waals surface area contributed by atoms with Crippen LogP contribution in [-0.2, 0) is 19.4 Å². The predicted octanol–water partition coefficient (Wildman–Crippen LogP) is -0.599. The minimum Gasteiger partial charge on any atom is -0.480 e. The second-order valence-corrected chi connectivity index (χ2v) is 5.59. The summed E-state index contributed by atoms with van der Waals surface area (Å²) in [5, 5.41) is 10.9. The lowest BCUT2D eigenvalue weighted by atomic mass is 10.2. The van der Waals surface area contributed by atoms with Crippen molar-refractivity contribution in [2.45, 2.75) is 26.3 Å². The molecular weight excluding hydrogens is 222 g/mol. The highest BCUT2D eigenvalue weighted by atomic mass is 32.2. The van der Waals surface area contributed by atoms with Crippen molar-refractivity contribution in [1.29, 1.82) is 0 Å². The summed E-state index contributed by atoms with van der Waals surface area (Å²) in [5.41, 5.74) is 0. The van der Waals surface area contributed by atoms with Gasteiger partial charge in [-0.3, -0.25) is 4.79 Å². The molecule has 88 valence electrons. The normalized spacial score (nSPS) is 13.2. The zero-order valence-corrected chi connectivity index (χ0v) is 9.50. The van der Waals surface area contributed by atoms with Crippen molar-refractivity contribution in [3.63, 3.8) is 0 Å². The molecular formula is C8H15NO5S. The molecule has 0 unspecified atom stereocenters. The molecule has 0 fully saturated rings. The van der Waals surface area contributed by atoms with Crippen molar-refractivity contribution < 1.29 is 23.1 Å². The van der Waals surface area contributed by atoms with Crippen LogP contribution < -0.4 is 5.32 Å². The van der Waals surface area contributed by atoms with E-state index in [2.05, 4.69) is 5.32 Å². The van der Waals surface area contributed by atoms with Crippen LogP contribution in [0.25, 0.3) is 0 Å². The number of aliphatic carboxylic acids is 1. The fraction of sp³-hybridized carbons (Fsp3) is 0.750. The van der Waals surface area contributed by atoms with Gasteiger partial charge in [0.1, 0.15) is 15.9 Å². The van der Waals surface area contributed by atoms with Crippen LogP contribution in [0.4, 0.5) is 0 Å². The number of carbonyl (C=O) groups excluding carboxylic acids is 1. The molecule has 7 heteroatoms. The van der Waals surface area contributed by atoms with E-state index in [1.807, 2.05) is 0 Å². The molecule has 0 aliphatic carbocycles. The second-order valence-electron chi connectivity index (χ2n) is 3.12. The maximum absolute atomic E-state index is 11.1. The van der Waals surface area contributed by atoms with E-state index in [9.17, 15) is 18.0 Å². The number of rotatable bonds is 6. The lowest BCUT2D eigenvalue weighted by Gasteiger charge is -2.12. The van der Waals surface area contributed by atoms with Gasteiger partial charge in [0.25, 0.3) is 0 Å². The minimum absolute atomic E-state index is 0.0284. The fourth-order valence-corrected chi connectivity index (χ4v) is 1.83. The van der Waals surface area contributed by atoms with Crippen molar-refractivity contribution in [3.05, 3.63) is 0 Å². The van der Waals surface area contributed by atoms with E-state index < -0.39 is 27.8 Å². The summed E-state index contributed by atoms with van der Waals surface area (Å²) in [6, 6.07) is -1.14. The molecule has 0 saturated carbocycles. The third-order valence-corrected chi connectivity index (χ3v) is 3.57. The summed E-state index contributed by atoms with van der Waals surface area (Å²) < 4.78 is 22.2. The number of carboxylic acid groups (broad SMARTS) is 1. The molecule has 15 heavy (non-hydrogen) atoms. The molecule has 0 bridgehead atoms. The number of carboxylic acids is 1. The number of sulfone groups is 1.